The van der Waals surface area contributed by atoms with Crippen LogP contribution in [0.3, 0.4) is 0 Å². The first kappa shape index (κ1) is 22.2. The van der Waals surface area contributed by atoms with Crippen molar-refractivity contribution < 1.29 is 19.0 Å². The Kier molecular flexibility index (Phi) is 6.66. The Bertz CT molecular complexity index is 1200. The highest BCUT2D eigenvalue weighted by atomic mass is 16.5. The van der Waals surface area contributed by atoms with Crippen LogP contribution in [0.5, 0.6) is 0 Å². The van der Waals surface area contributed by atoms with Gasteiger partial charge in [0.25, 0.3) is 17.1 Å². The lowest BCUT2D eigenvalue weighted by atomic mass is 10.1. The van der Waals surface area contributed by atoms with Gasteiger partial charge in [0, 0.05) is 18.3 Å². The number of aromatic nitrogens is 3. The number of pyridine rings is 2. The predicted octanol–water partition coefficient (Wildman–Crippen LogP) is -0.529. The maximum Gasteiger partial charge on any atom is 0.278 e. The molecule has 1 amide bonds. The second-order valence-corrected chi connectivity index (χ2v) is 8.36. The quantitative estimate of drug-likeness (QED) is 0.260. The zero-order chi connectivity index (χ0) is 22.7. The average Bonchev–Trinajstić information content (AvgIpc) is 2.80. The molecule has 3 aromatic heterocycles. The van der Waals surface area contributed by atoms with Gasteiger partial charge in [-0.15, -0.1) is 0 Å². The first-order valence-corrected chi connectivity index (χ1v) is 11.3. The number of carbonyl (C=O) groups is 1. The number of fused-ring (bicyclic) bond motifs is 2. The van der Waals surface area contributed by atoms with Crippen LogP contribution in [-0.4, -0.2) is 54.7 Å². The highest BCUT2D eigenvalue weighted by Gasteiger charge is 2.26. The van der Waals surface area contributed by atoms with Gasteiger partial charge in [-0.1, -0.05) is 24.4 Å². The lowest BCUT2D eigenvalue weighted by Gasteiger charge is -2.23. The average molecular weight is 441 g/mol. The van der Waals surface area contributed by atoms with Gasteiger partial charge in [0.1, 0.15) is 37.1 Å². The number of quaternary nitrogens is 1. The smallest absolute Gasteiger partial charge is 0.278 e. The van der Waals surface area contributed by atoms with Gasteiger partial charge in [-0.3, -0.25) is 14.0 Å². The predicted molar refractivity (Wildman–Crippen MR) is 122 cm³/mol. The van der Waals surface area contributed by atoms with E-state index in [1.54, 1.807) is 12.3 Å². The highest BCUT2D eigenvalue weighted by molar-refractivity contribution is 6.00. The van der Waals surface area contributed by atoms with Crippen molar-refractivity contribution >= 4 is 28.4 Å². The number of carbonyl (C=O) groups excluding carboxylic acids is 1. The summed E-state index contributed by atoms with van der Waals surface area (Å²) in [7, 11) is 0. The molecule has 0 aliphatic carbocycles. The van der Waals surface area contributed by atoms with E-state index in [9.17, 15) is 9.59 Å². The van der Waals surface area contributed by atoms with Crippen LogP contribution >= 0.6 is 0 Å². The van der Waals surface area contributed by atoms with Crippen LogP contribution in [0.4, 0.5) is 5.82 Å². The lowest BCUT2D eigenvalue weighted by Crippen LogP contribution is -3.14. The lowest BCUT2D eigenvalue weighted by molar-refractivity contribution is -0.923. The molecular weight excluding hydrogens is 408 g/mol. The SMILES string of the molecule is CCCCNC(=O)c1cc2c(=O)n3cccc(C)c3nc2[n+](CC[NH+]2CCOCC2)c1N. The molecule has 4 N–H and O–H groups in total. The zero-order valence-electron chi connectivity index (χ0n) is 18.8. The van der Waals surface area contributed by atoms with Crippen molar-refractivity contribution in [2.24, 2.45) is 0 Å². The summed E-state index contributed by atoms with van der Waals surface area (Å²) in [4.78, 5) is 32.5. The molecule has 1 aliphatic rings. The minimum absolute atomic E-state index is 0.205. The molecule has 9 heteroatoms. The van der Waals surface area contributed by atoms with Crippen molar-refractivity contribution in [2.75, 3.05) is 45.1 Å². The van der Waals surface area contributed by atoms with Gasteiger partial charge >= 0.3 is 0 Å². The van der Waals surface area contributed by atoms with Crippen molar-refractivity contribution in [2.45, 2.75) is 33.2 Å². The number of amides is 1. The number of hydrogen-bond acceptors (Lipinski definition) is 5. The van der Waals surface area contributed by atoms with Crippen molar-refractivity contribution in [3.05, 3.63) is 45.9 Å². The molecule has 1 saturated heterocycles. The van der Waals surface area contributed by atoms with E-state index in [0.29, 0.717) is 41.2 Å². The molecule has 4 heterocycles. The summed E-state index contributed by atoms with van der Waals surface area (Å²) >= 11 is 0. The third kappa shape index (κ3) is 4.31. The fraction of sp³-hybridized carbons (Fsp3) is 0.478. The molecule has 170 valence electrons. The summed E-state index contributed by atoms with van der Waals surface area (Å²) < 4.78 is 8.82. The van der Waals surface area contributed by atoms with Crippen LogP contribution in [0.1, 0.15) is 35.7 Å². The Labute approximate surface area is 186 Å². The number of unbranched alkanes of at least 4 members (excludes halogenated alkanes) is 1. The standard InChI is InChI=1S/C23H30N6O3/c1-3-4-7-25-22(30)17-15-18-21(26-20-16(2)6-5-8-29(20)23(18)31)28(19(17)24)10-9-27-11-13-32-14-12-27/h5-6,8,15,24H,3-4,7,9-14H2,1-2H3,(H,25,30)/p+2. The number of hydrogen-bond donors (Lipinski definition) is 3. The first-order chi connectivity index (χ1) is 15.5. The maximum absolute atomic E-state index is 13.4. The summed E-state index contributed by atoms with van der Waals surface area (Å²) in [5, 5.41) is 3.31. The molecule has 0 bridgehead atoms. The number of morpholine rings is 1. The van der Waals surface area contributed by atoms with E-state index in [0.717, 1.165) is 51.3 Å². The van der Waals surface area contributed by atoms with E-state index < -0.39 is 0 Å². The number of nitrogens with one attached hydrogen (secondary N) is 2. The van der Waals surface area contributed by atoms with Gasteiger partial charge in [0.15, 0.2) is 0 Å². The first-order valence-electron chi connectivity index (χ1n) is 11.3. The normalized spacial score (nSPS) is 14.8. The molecule has 0 atom stereocenters. The Balaban J connectivity index is 1.84. The number of anilines is 1. The Morgan fingerprint density at radius 3 is 2.91 bits per heavy atom. The van der Waals surface area contributed by atoms with E-state index in [-0.39, 0.29) is 11.5 Å². The monoisotopic (exact) mass is 440 g/mol. The molecular formula is C23H32N6O3+2. The van der Waals surface area contributed by atoms with Crippen LogP contribution < -0.4 is 26.1 Å². The molecule has 0 aromatic carbocycles. The molecule has 4 rings (SSSR count). The molecule has 0 spiro atoms. The molecule has 0 unspecified atom stereocenters. The number of aryl methyl sites for hydroxylation is 1. The van der Waals surface area contributed by atoms with Crippen LogP contribution in [0.25, 0.3) is 16.7 Å². The van der Waals surface area contributed by atoms with E-state index in [4.69, 9.17) is 15.5 Å². The van der Waals surface area contributed by atoms with Crippen LogP contribution in [0, 0.1) is 6.92 Å². The van der Waals surface area contributed by atoms with Crippen molar-refractivity contribution in [3.63, 3.8) is 0 Å². The number of rotatable bonds is 7. The highest BCUT2D eigenvalue weighted by Crippen LogP contribution is 2.15. The Morgan fingerprint density at radius 1 is 1.38 bits per heavy atom. The Morgan fingerprint density at radius 2 is 2.16 bits per heavy atom. The third-order valence-corrected chi connectivity index (χ3v) is 6.12. The number of nitrogens with two attached hydrogens (primary N) is 1. The van der Waals surface area contributed by atoms with Gasteiger partial charge in [0.2, 0.25) is 11.5 Å². The molecule has 3 aromatic rings. The van der Waals surface area contributed by atoms with Crippen LogP contribution in [0.2, 0.25) is 0 Å². The van der Waals surface area contributed by atoms with Gasteiger partial charge < -0.3 is 20.7 Å². The second kappa shape index (κ2) is 9.62. The van der Waals surface area contributed by atoms with Gasteiger partial charge in [-0.25, -0.2) is 4.57 Å². The van der Waals surface area contributed by atoms with Gasteiger partial charge in [-0.2, -0.15) is 0 Å². The van der Waals surface area contributed by atoms with E-state index >= 15 is 0 Å². The van der Waals surface area contributed by atoms with Crippen LogP contribution in [0.15, 0.2) is 29.2 Å². The molecule has 9 nitrogen and oxygen atoms in total. The molecule has 1 aliphatic heterocycles. The maximum atomic E-state index is 13.4. The topological polar surface area (TPSA) is 107 Å². The van der Waals surface area contributed by atoms with Crippen molar-refractivity contribution in [3.8, 4) is 0 Å². The largest absolute Gasteiger partial charge is 0.370 e. The van der Waals surface area contributed by atoms with Gasteiger partial charge in [-0.05, 0) is 25.5 Å². The number of ether oxygens (including phenoxy) is 1. The number of nitrogens with zero attached hydrogens (tertiary/aromatic N) is 3. The summed E-state index contributed by atoms with van der Waals surface area (Å²) in [6, 6.07) is 5.34. The Hall–Kier alpha value is -3.04. The fourth-order valence-corrected chi connectivity index (χ4v) is 4.17. The van der Waals surface area contributed by atoms with E-state index in [2.05, 4.69) is 12.2 Å². The minimum atomic E-state index is -0.265. The summed E-state index contributed by atoms with van der Waals surface area (Å²) in [5.41, 5.74) is 8.64. The molecule has 0 saturated carbocycles. The summed E-state index contributed by atoms with van der Waals surface area (Å²) in [6.45, 7) is 9.25. The third-order valence-electron chi connectivity index (χ3n) is 6.12. The van der Waals surface area contributed by atoms with E-state index in [1.807, 2.05) is 23.6 Å². The summed E-state index contributed by atoms with van der Waals surface area (Å²) in [6.07, 6.45) is 3.57. The fourth-order valence-electron chi connectivity index (χ4n) is 4.17. The van der Waals surface area contributed by atoms with Gasteiger partial charge in [0.05, 0.1) is 13.2 Å². The van der Waals surface area contributed by atoms with E-state index in [1.165, 1.54) is 9.30 Å². The molecule has 32 heavy (non-hydrogen) atoms. The molecule has 1 fully saturated rings. The summed E-state index contributed by atoms with van der Waals surface area (Å²) in [5.74, 6) is 0.0723. The van der Waals surface area contributed by atoms with Crippen LogP contribution in [-0.2, 0) is 11.3 Å². The zero-order valence-corrected chi connectivity index (χ0v) is 18.8. The van der Waals surface area contributed by atoms with Crippen molar-refractivity contribution in [1.82, 2.24) is 14.7 Å². The minimum Gasteiger partial charge on any atom is -0.370 e. The molecule has 0 radical (unpaired) electrons. The van der Waals surface area contributed by atoms with Crippen molar-refractivity contribution in [1.29, 1.82) is 0 Å². The second-order valence-electron chi connectivity index (χ2n) is 8.36. The number of nitrogen functional groups attached to an aromatic ring is 1.